The molecule has 0 saturated carbocycles. The first kappa shape index (κ1) is 16.1. The zero-order valence-electron chi connectivity index (χ0n) is 13.3. The first-order chi connectivity index (χ1) is 12.1. The van der Waals surface area contributed by atoms with Crippen LogP contribution in [-0.2, 0) is 6.54 Å². The van der Waals surface area contributed by atoms with E-state index in [9.17, 15) is 0 Å². The van der Waals surface area contributed by atoms with Crippen molar-refractivity contribution in [2.75, 3.05) is 0 Å². The number of hydrogen-bond acceptors (Lipinski definition) is 4. The van der Waals surface area contributed by atoms with Crippen LogP contribution in [0, 0.1) is 6.92 Å². The standard InChI is InChI=1S/C18H14Cl2N4O/c1-10-13(9-21)18(12-5-4-11(19)7-14(12)20)24-17(22-10)8-15(23-24)16-3-2-6-25-16/h2-8H,9,21H2,1H3. The summed E-state index contributed by atoms with van der Waals surface area (Å²) in [6, 6.07) is 10.9. The third kappa shape index (κ3) is 2.70. The van der Waals surface area contributed by atoms with Crippen molar-refractivity contribution in [3.05, 3.63) is 64.0 Å². The van der Waals surface area contributed by atoms with Crippen molar-refractivity contribution in [2.45, 2.75) is 13.5 Å². The summed E-state index contributed by atoms with van der Waals surface area (Å²) in [4.78, 5) is 4.62. The van der Waals surface area contributed by atoms with Crippen molar-refractivity contribution in [3.63, 3.8) is 0 Å². The van der Waals surface area contributed by atoms with E-state index >= 15 is 0 Å². The molecule has 126 valence electrons. The molecule has 1 aromatic carbocycles. The lowest BCUT2D eigenvalue weighted by atomic mass is 10.0. The summed E-state index contributed by atoms with van der Waals surface area (Å²) >= 11 is 12.5. The fourth-order valence-corrected chi connectivity index (χ4v) is 3.40. The molecule has 25 heavy (non-hydrogen) atoms. The number of aromatic nitrogens is 3. The maximum Gasteiger partial charge on any atom is 0.156 e. The van der Waals surface area contributed by atoms with E-state index in [4.69, 9.17) is 33.4 Å². The van der Waals surface area contributed by atoms with Gasteiger partial charge in [0, 0.05) is 34.5 Å². The van der Waals surface area contributed by atoms with E-state index in [1.165, 1.54) is 0 Å². The smallest absolute Gasteiger partial charge is 0.156 e. The Labute approximate surface area is 154 Å². The molecule has 0 aliphatic carbocycles. The Morgan fingerprint density at radius 2 is 2.04 bits per heavy atom. The lowest BCUT2D eigenvalue weighted by Gasteiger charge is -2.14. The van der Waals surface area contributed by atoms with Crippen LogP contribution in [0.25, 0.3) is 28.4 Å². The van der Waals surface area contributed by atoms with Crippen LogP contribution < -0.4 is 5.73 Å². The Morgan fingerprint density at radius 3 is 2.72 bits per heavy atom. The van der Waals surface area contributed by atoms with Gasteiger partial charge in [0.25, 0.3) is 0 Å². The van der Waals surface area contributed by atoms with Crippen LogP contribution in [0.4, 0.5) is 0 Å². The molecule has 0 atom stereocenters. The van der Waals surface area contributed by atoms with Gasteiger partial charge in [-0.15, -0.1) is 0 Å². The second-order valence-corrected chi connectivity index (χ2v) is 6.47. The van der Waals surface area contributed by atoms with Crippen LogP contribution >= 0.6 is 23.2 Å². The maximum atomic E-state index is 6.45. The topological polar surface area (TPSA) is 69.3 Å². The molecule has 0 spiro atoms. The van der Waals surface area contributed by atoms with Gasteiger partial charge in [-0.05, 0) is 37.3 Å². The summed E-state index contributed by atoms with van der Waals surface area (Å²) in [5, 5.41) is 5.76. The Morgan fingerprint density at radius 1 is 1.20 bits per heavy atom. The molecule has 4 rings (SSSR count). The molecule has 0 radical (unpaired) electrons. The number of fused-ring (bicyclic) bond motifs is 1. The summed E-state index contributed by atoms with van der Waals surface area (Å²) in [7, 11) is 0. The van der Waals surface area contributed by atoms with Crippen LogP contribution in [0.2, 0.25) is 10.0 Å². The van der Waals surface area contributed by atoms with E-state index in [2.05, 4.69) is 10.1 Å². The molecule has 3 aromatic heterocycles. The lowest BCUT2D eigenvalue weighted by molar-refractivity contribution is 0.579. The molecule has 0 aliphatic heterocycles. The molecule has 0 unspecified atom stereocenters. The Balaban J connectivity index is 2.06. The predicted molar refractivity (Wildman–Crippen MR) is 98.8 cm³/mol. The van der Waals surface area contributed by atoms with Crippen molar-refractivity contribution in [3.8, 4) is 22.7 Å². The first-order valence-corrected chi connectivity index (χ1v) is 8.42. The van der Waals surface area contributed by atoms with Gasteiger partial charge in [-0.1, -0.05) is 23.2 Å². The number of nitrogens with two attached hydrogens (primary N) is 1. The van der Waals surface area contributed by atoms with Gasteiger partial charge in [0.05, 0.1) is 17.0 Å². The third-order valence-electron chi connectivity index (χ3n) is 4.07. The van der Waals surface area contributed by atoms with Crippen molar-refractivity contribution >= 4 is 28.8 Å². The highest BCUT2D eigenvalue weighted by molar-refractivity contribution is 6.36. The second kappa shape index (κ2) is 6.19. The van der Waals surface area contributed by atoms with Gasteiger partial charge in [-0.3, -0.25) is 0 Å². The van der Waals surface area contributed by atoms with Crippen LogP contribution in [0.5, 0.6) is 0 Å². The minimum Gasteiger partial charge on any atom is -0.463 e. The van der Waals surface area contributed by atoms with Crippen LogP contribution in [0.3, 0.4) is 0 Å². The average Bonchev–Trinajstić information content (AvgIpc) is 3.23. The first-order valence-electron chi connectivity index (χ1n) is 7.67. The molecule has 0 saturated heterocycles. The summed E-state index contributed by atoms with van der Waals surface area (Å²) in [5.74, 6) is 0.672. The molecule has 4 aromatic rings. The van der Waals surface area contributed by atoms with Gasteiger partial charge in [-0.2, -0.15) is 5.10 Å². The van der Waals surface area contributed by atoms with Gasteiger partial charge >= 0.3 is 0 Å². The molecule has 0 bridgehead atoms. The normalized spacial score (nSPS) is 11.4. The number of benzene rings is 1. The quantitative estimate of drug-likeness (QED) is 0.564. The molecule has 0 aliphatic rings. The molecule has 7 heteroatoms. The highest BCUT2D eigenvalue weighted by Crippen LogP contribution is 2.34. The molecular weight excluding hydrogens is 359 g/mol. The van der Waals surface area contributed by atoms with E-state index in [1.54, 1.807) is 22.9 Å². The Bertz CT molecular complexity index is 1070. The second-order valence-electron chi connectivity index (χ2n) is 5.63. The maximum absolute atomic E-state index is 6.45. The number of rotatable bonds is 3. The fraction of sp³-hybridized carbons (Fsp3) is 0.111. The summed E-state index contributed by atoms with van der Waals surface area (Å²) < 4.78 is 7.20. The lowest BCUT2D eigenvalue weighted by Crippen LogP contribution is -2.09. The van der Waals surface area contributed by atoms with Crippen molar-refractivity contribution in [1.82, 2.24) is 14.6 Å². The fourth-order valence-electron chi connectivity index (χ4n) is 2.90. The van der Waals surface area contributed by atoms with Crippen LogP contribution in [0.1, 0.15) is 11.3 Å². The molecule has 3 heterocycles. The average molecular weight is 373 g/mol. The molecule has 0 amide bonds. The highest BCUT2D eigenvalue weighted by Gasteiger charge is 2.19. The summed E-state index contributed by atoms with van der Waals surface area (Å²) in [6.45, 7) is 2.24. The molecule has 0 fully saturated rings. The summed E-state index contributed by atoms with van der Waals surface area (Å²) in [5.41, 5.74) is 10.7. The predicted octanol–water partition coefficient (Wildman–Crippen LogP) is 4.73. The SMILES string of the molecule is Cc1nc2cc(-c3ccco3)nn2c(-c2ccc(Cl)cc2Cl)c1CN. The Kier molecular flexibility index (Phi) is 4.00. The highest BCUT2D eigenvalue weighted by atomic mass is 35.5. The zero-order valence-corrected chi connectivity index (χ0v) is 14.8. The monoisotopic (exact) mass is 372 g/mol. The zero-order chi connectivity index (χ0) is 17.6. The third-order valence-corrected chi connectivity index (χ3v) is 4.62. The van der Waals surface area contributed by atoms with Crippen LogP contribution in [-0.4, -0.2) is 14.6 Å². The van der Waals surface area contributed by atoms with E-state index < -0.39 is 0 Å². The van der Waals surface area contributed by atoms with Gasteiger partial charge in [-0.25, -0.2) is 9.50 Å². The van der Waals surface area contributed by atoms with Crippen molar-refractivity contribution in [1.29, 1.82) is 0 Å². The number of nitrogens with zero attached hydrogens (tertiary/aromatic N) is 3. The molecule has 5 nitrogen and oxygen atoms in total. The van der Waals surface area contributed by atoms with Crippen molar-refractivity contribution < 1.29 is 4.42 Å². The number of furan rings is 1. The number of aryl methyl sites for hydroxylation is 1. The van der Waals surface area contributed by atoms with Gasteiger partial charge < -0.3 is 10.2 Å². The van der Waals surface area contributed by atoms with Gasteiger partial charge in [0.15, 0.2) is 11.4 Å². The van der Waals surface area contributed by atoms with E-state index in [0.29, 0.717) is 33.7 Å². The number of halogens is 2. The minimum absolute atomic E-state index is 0.318. The summed E-state index contributed by atoms with van der Waals surface area (Å²) in [6.07, 6.45) is 1.61. The number of hydrogen-bond donors (Lipinski definition) is 1. The van der Waals surface area contributed by atoms with Crippen LogP contribution in [0.15, 0.2) is 47.1 Å². The van der Waals surface area contributed by atoms with E-state index in [0.717, 1.165) is 22.5 Å². The van der Waals surface area contributed by atoms with Gasteiger partial charge in [0.2, 0.25) is 0 Å². The van der Waals surface area contributed by atoms with Crippen molar-refractivity contribution in [2.24, 2.45) is 5.73 Å². The molecule has 2 N–H and O–H groups in total. The van der Waals surface area contributed by atoms with E-state index in [-0.39, 0.29) is 0 Å². The molecular formula is C18H14Cl2N4O. The minimum atomic E-state index is 0.318. The Hall–Kier alpha value is -2.34. The largest absolute Gasteiger partial charge is 0.463 e. The van der Waals surface area contributed by atoms with E-state index in [1.807, 2.05) is 31.2 Å². The van der Waals surface area contributed by atoms with Gasteiger partial charge in [0.1, 0.15) is 5.69 Å².